The Labute approximate surface area is 137 Å². The second-order valence-corrected chi connectivity index (χ2v) is 5.42. The Morgan fingerprint density at radius 3 is 2.83 bits per heavy atom. The predicted molar refractivity (Wildman–Crippen MR) is 91.4 cm³/mol. The van der Waals surface area contributed by atoms with E-state index in [0.717, 1.165) is 5.84 Å². The van der Waals surface area contributed by atoms with Crippen LogP contribution in [0.1, 0.15) is 18.1 Å². The fraction of sp³-hybridized carbons (Fsp3) is 0.118. The molecule has 1 N–H and O–H groups in total. The van der Waals surface area contributed by atoms with Crippen LogP contribution in [0.25, 0.3) is 0 Å². The molecule has 7 nitrogen and oxygen atoms in total. The first-order valence-electron chi connectivity index (χ1n) is 7.42. The molecule has 1 aromatic carbocycles. The van der Waals surface area contributed by atoms with Crippen LogP contribution in [0.15, 0.2) is 68.3 Å². The maximum atomic E-state index is 11.1. The van der Waals surface area contributed by atoms with Crippen molar-refractivity contribution in [1.29, 1.82) is 0 Å². The molecule has 0 spiro atoms. The number of hydrogen-bond acceptors (Lipinski definition) is 6. The molecule has 118 valence electrons. The summed E-state index contributed by atoms with van der Waals surface area (Å²) in [7, 11) is 0. The maximum Gasteiger partial charge on any atom is 0.307 e. The van der Waals surface area contributed by atoms with Crippen molar-refractivity contribution in [2.45, 2.75) is 13.3 Å². The highest BCUT2D eigenvalue weighted by Crippen LogP contribution is 2.25. The molecule has 3 aliphatic rings. The summed E-state index contributed by atoms with van der Waals surface area (Å²) < 4.78 is 0. The summed E-state index contributed by atoms with van der Waals surface area (Å²) in [6.07, 6.45) is 5.51. The van der Waals surface area contributed by atoms with E-state index >= 15 is 0 Å². The van der Waals surface area contributed by atoms with E-state index in [1.165, 1.54) is 0 Å². The van der Waals surface area contributed by atoms with Crippen molar-refractivity contribution in [2.75, 3.05) is 0 Å². The van der Waals surface area contributed by atoms with Gasteiger partial charge in [-0.3, -0.25) is 4.79 Å². The average molecular weight is 319 g/mol. The van der Waals surface area contributed by atoms with E-state index in [9.17, 15) is 4.79 Å². The van der Waals surface area contributed by atoms with Crippen LogP contribution in [-0.4, -0.2) is 39.4 Å². The SMILES string of the molecule is CC1=NC2=NC(c3ccccc3CC(=O)O)=NC3=CC=CC(=N1)N32. The van der Waals surface area contributed by atoms with Gasteiger partial charge >= 0.3 is 5.97 Å². The monoisotopic (exact) mass is 319 g/mol. The smallest absolute Gasteiger partial charge is 0.307 e. The Morgan fingerprint density at radius 2 is 2.00 bits per heavy atom. The number of aliphatic imine (C=N–C) groups is 4. The van der Waals surface area contributed by atoms with Crippen LogP contribution in [0.2, 0.25) is 0 Å². The van der Waals surface area contributed by atoms with Gasteiger partial charge in [-0.2, -0.15) is 9.98 Å². The minimum Gasteiger partial charge on any atom is -0.481 e. The summed E-state index contributed by atoms with van der Waals surface area (Å²) in [5.41, 5.74) is 1.36. The molecule has 1 aromatic rings. The Bertz CT molecular complexity index is 934. The molecule has 0 fully saturated rings. The molecule has 0 radical (unpaired) electrons. The van der Waals surface area contributed by atoms with Gasteiger partial charge in [0.15, 0.2) is 5.84 Å². The highest BCUT2D eigenvalue weighted by molar-refractivity contribution is 6.22. The number of rotatable bonds is 3. The molecule has 7 heteroatoms. The predicted octanol–water partition coefficient (Wildman–Crippen LogP) is 1.97. The van der Waals surface area contributed by atoms with Crippen LogP contribution >= 0.6 is 0 Å². The van der Waals surface area contributed by atoms with E-state index in [0.29, 0.717) is 34.6 Å². The molecule has 0 aromatic heterocycles. The van der Waals surface area contributed by atoms with Crippen LogP contribution in [-0.2, 0) is 11.2 Å². The second kappa shape index (κ2) is 5.38. The Balaban J connectivity index is 1.84. The molecule has 0 saturated heterocycles. The van der Waals surface area contributed by atoms with E-state index in [-0.39, 0.29) is 6.42 Å². The number of carbonyl (C=O) groups is 1. The van der Waals surface area contributed by atoms with Crippen molar-refractivity contribution in [3.63, 3.8) is 0 Å². The van der Waals surface area contributed by atoms with Crippen molar-refractivity contribution >= 4 is 29.4 Å². The number of amidine groups is 3. The fourth-order valence-corrected chi connectivity index (χ4v) is 2.73. The molecule has 3 heterocycles. The first kappa shape index (κ1) is 14.3. The molecule has 0 saturated carbocycles. The summed E-state index contributed by atoms with van der Waals surface area (Å²) >= 11 is 0. The van der Waals surface area contributed by atoms with Gasteiger partial charge in [0.25, 0.3) is 0 Å². The van der Waals surface area contributed by atoms with Crippen LogP contribution in [0.3, 0.4) is 0 Å². The first-order valence-corrected chi connectivity index (χ1v) is 7.42. The number of guanidine groups is 1. The summed E-state index contributed by atoms with van der Waals surface area (Å²) in [5.74, 6) is 2.05. The van der Waals surface area contributed by atoms with Gasteiger partial charge < -0.3 is 5.11 Å². The quantitative estimate of drug-likeness (QED) is 0.923. The molecule has 0 amide bonds. The third kappa shape index (κ3) is 2.36. The minimum atomic E-state index is -0.895. The molecule has 24 heavy (non-hydrogen) atoms. The van der Waals surface area contributed by atoms with Gasteiger partial charge in [-0.25, -0.2) is 14.9 Å². The summed E-state index contributed by atoms with van der Waals surface area (Å²) in [5, 5.41) is 9.11. The molecular weight excluding hydrogens is 306 g/mol. The lowest BCUT2D eigenvalue weighted by atomic mass is 10.0. The zero-order chi connectivity index (χ0) is 16.7. The molecule has 4 rings (SSSR count). The van der Waals surface area contributed by atoms with Gasteiger partial charge in [0.2, 0.25) is 5.96 Å². The molecule has 0 aliphatic carbocycles. The van der Waals surface area contributed by atoms with E-state index in [1.807, 2.05) is 37.3 Å². The lowest BCUT2D eigenvalue weighted by Crippen LogP contribution is -2.41. The third-order valence-corrected chi connectivity index (χ3v) is 3.71. The van der Waals surface area contributed by atoms with Gasteiger partial charge in [0, 0.05) is 5.56 Å². The molecular formula is C17H13N5O2. The van der Waals surface area contributed by atoms with E-state index in [1.54, 1.807) is 17.0 Å². The Kier molecular flexibility index (Phi) is 3.19. The first-order chi connectivity index (χ1) is 11.6. The maximum absolute atomic E-state index is 11.1. The number of aliphatic carboxylic acids is 1. The zero-order valence-corrected chi connectivity index (χ0v) is 12.8. The van der Waals surface area contributed by atoms with Crippen molar-refractivity contribution in [3.8, 4) is 0 Å². The van der Waals surface area contributed by atoms with Crippen LogP contribution < -0.4 is 0 Å². The Morgan fingerprint density at radius 1 is 1.17 bits per heavy atom. The number of hydrogen-bond donors (Lipinski definition) is 1. The molecule has 0 bridgehead atoms. The highest BCUT2D eigenvalue weighted by atomic mass is 16.4. The number of carboxylic acids is 1. The van der Waals surface area contributed by atoms with Gasteiger partial charge in [-0.1, -0.05) is 30.3 Å². The number of benzene rings is 1. The van der Waals surface area contributed by atoms with Crippen molar-refractivity contribution in [3.05, 3.63) is 59.4 Å². The third-order valence-electron chi connectivity index (χ3n) is 3.71. The number of carboxylic acid groups (broad SMARTS) is 1. The fourth-order valence-electron chi connectivity index (χ4n) is 2.73. The van der Waals surface area contributed by atoms with E-state index < -0.39 is 5.97 Å². The lowest BCUT2D eigenvalue weighted by Gasteiger charge is -2.31. The normalized spacial score (nSPS) is 18.0. The zero-order valence-electron chi connectivity index (χ0n) is 12.8. The van der Waals surface area contributed by atoms with Gasteiger partial charge in [-0.15, -0.1) is 0 Å². The van der Waals surface area contributed by atoms with E-state index in [4.69, 9.17) is 5.11 Å². The summed E-state index contributed by atoms with van der Waals surface area (Å²) in [4.78, 5) is 30.7. The molecule has 0 atom stereocenters. The second-order valence-electron chi connectivity index (χ2n) is 5.42. The van der Waals surface area contributed by atoms with E-state index in [2.05, 4.69) is 20.0 Å². The number of nitrogens with zero attached hydrogens (tertiary/aromatic N) is 5. The topological polar surface area (TPSA) is 90.0 Å². The van der Waals surface area contributed by atoms with Gasteiger partial charge in [-0.05, 0) is 24.6 Å². The largest absolute Gasteiger partial charge is 0.481 e. The summed E-state index contributed by atoms with van der Waals surface area (Å²) in [6, 6.07) is 7.24. The number of allylic oxidation sites excluding steroid dienone is 2. The minimum absolute atomic E-state index is 0.0856. The highest BCUT2D eigenvalue weighted by Gasteiger charge is 2.30. The summed E-state index contributed by atoms with van der Waals surface area (Å²) in [6.45, 7) is 1.81. The van der Waals surface area contributed by atoms with Crippen LogP contribution in [0.4, 0.5) is 0 Å². The van der Waals surface area contributed by atoms with Crippen LogP contribution in [0.5, 0.6) is 0 Å². The van der Waals surface area contributed by atoms with Gasteiger partial charge in [0.1, 0.15) is 17.5 Å². The van der Waals surface area contributed by atoms with Crippen LogP contribution in [0, 0.1) is 0 Å². The molecule has 3 aliphatic heterocycles. The van der Waals surface area contributed by atoms with Crippen molar-refractivity contribution < 1.29 is 9.90 Å². The standard InChI is InChI=1S/C17H13N5O2/c1-10-18-13-7-4-8-14-20-16(21-17(19-10)22(13)14)12-6-3-2-5-11(12)9-15(23)24/h2-8H,9H2,1H3,(H,23,24). The lowest BCUT2D eigenvalue weighted by molar-refractivity contribution is -0.136. The average Bonchev–Trinajstić information content (AvgIpc) is 2.54. The Hall–Kier alpha value is -3.35. The van der Waals surface area contributed by atoms with Crippen molar-refractivity contribution in [2.24, 2.45) is 20.0 Å². The molecule has 0 unspecified atom stereocenters. The van der Waals surface area contributed by atoms with Gasteiger partial charge in [0.05, 0.1) is 6.42 Å². The van der Waals surface area contributed by atoms with Crippen molar-refractivity contribution in [1.82, 2.24) is 4.90 Å².